The van der Waals surface area contributed by atoms with Gasteiger partial charge in [0.2, 0.25) is 17.7 Å². The van der Waals surface area contributed by atoms with Crippen LogP contribution in [0, 0.1) is 24.2 Å². The van der Waals surface area contributed by atoms with Crippen molar-refractivity contribution in [3.8, 4) is 45.6 Å². The molecule has 0 spiro atoms. The molecule has 74 heavy (non-hydrogen) atoms. The number of nitrogens with one attached hydrogen (secondary N) is 2. The number of aryl methyl sites for hydroxylation is 1. The number of ketones is 2. The number of nitrogen functional groups attached to an aromatic ring is 1. The Hall–Kier alpha value is -6.87. The molecule has 1 aliphatic heterocycles. The maximum Gasteiger partial charge on any atom is 0.326 e. The molecule has 4 bridgehead atoms. The molecule has 24 nitrogen and oxygen atoms in total. The first-order valence-electron chi connectivity index (χ1n) is 23.6. The van der Waals surface area contributed by atoms with Crippen LogP contribution in [-0.2, 0) is 35.8 Å². The van der Waals surface area contributed by atoms with Crippen molar-refractivity contribution in [3.05, 3.63) is 71.0 Å². The van der Waals surface area contributed by atoms with Crippen LogP contribution in [0.25, 0.3) is 22.5 Å². The van der Waals surface area contributed by atoms with Gasteiger partial charge in [0, 0.05) is 80.8 Å². The molecule has 1 aliphatic rings. The van der Waals surface area contributed by atoms with Crippen molar-refractivity contribution in [2.75, 3.05) is 52.2 Å². The monoisotopic (exact) mass is 1050 g/mol. The third kappa shape index (κ3) is 15.6. The lowest BCUT2D eigenvalue weighted by Crippen LogP contribution is -2.46. The maximum absolute atomic E-state index is 15.0. The minimum Gasteiger partial charge on any atom is -0.504 e. The number of carbonyl (C=O) groups excluding carboxylic acids is 4. The number of anilines is 1. The molecule has 0 aliphatic carbocycles. The molecule has 0 saturated carbocycles. The number of nitrogens with zero attached hydrogens (tertiary/aromatic N) is 4. The molecule has 0 saturated heterocycles. The Balaban J connectivity index is 1.62. The summed E-state index contributed by atoms with van der Waals surface area (Å²) >= 11 is 0. The maximum atomic E-state index is 15.0. The molecular weight excluding hydrogens is 985 g/mol. The first kappa shape index (κ1) is 58.0. The van der Waals surface area contributed by atoms with E-state index in [0.717, 1.165) is 11.3 Å². The number of rotatable bonds is 21. The van der Waals surface area contributed by atoms with Crippen LogP contribution in [0.2, 0.25) is 0 Å². The van der Waals surface area contributed by atoms with Gasteiger partial charge in [-0.3, -0.25) is 19.2 Å². The van der Waals surface area contributed by atoms with Gasteiger partial charge in [0.05, 0.1) is 23.8 Å². The van der Waals surface area contributed by atoms with E-state index in [1.165, 1.54) is 57.4 Å². The van der Waals surface area contributed by atoms with Gasteiger partial charge in [-0.15, -0.1) is 0 Å². The number of phenols is 1. The summed E-state index contributed by atoms with van der Waals surface area (Å²) < 4.78 is 44.3. The number of ether oxygens (including phenoxy) is 3. The number of hydrogen-bond acceptors (Lipinski definition) is 19. The SMILES string of the molecule is Cc1nc(-c2ccc(OCCC(C)(C)C)nc2)nc(N)c1C(=O)C[C@@H](CNS(N)(=O)=O)C(=O)N(C)[C@@H]1C(=O)C[C@@H](C)C(=O)N[C@H](C(=O)O)Cc2ccc(OC[C@H](O)CN)c(c2)-c2cc1cc(OC[C@H](O)CN)c2O. The molecule has 4 aromatic rings. The number of aliphatic hydroxyl groups is 2. The number of amides is 2. The van der Waals surface area contributed by atoms with Crippen LogP contribution in [-0.4, -0.2) is 143 Å². The molecule has 5 rings (SSSR count). The molecule has 0 fully saturated rings. The van der Waals surface area contributed by atoms with Crippen molar-refractivity contribution >= 4 is 45.4 Å². The molecule has 402 valence electrons. The van der Waals surface area contributed by atoms with Gasteiger partial charge < -0.3 is 62.1 Å². The number of pyridine rings is 1. The lowest BCUT2D eigenvalue weighted by molar-refractivity contribution is -0.143. The van der Waals surface area contributed by atoms with Gasteiger partial charge in [-0.1, -0.05) is 33.8 Å². The first-order chi connectivity index (χ1) is 34.7. The van der Waals surface area contributed by atoms with Crippen LogP contribution >= 0.6 is 0 Å². The highest BCUT2D eigenvalue weighted by Crippen LogP contribution is 2.45. The number of Topliss-reactive ketones (excluding diaryl/α,β-unsaturated/α-hetero) is 2. The average molecular weight is 1050 g/mol. The lowest BCUT2D eigenvalue weighted by Gasteiger charge is -2.32. The van der Waals surface area contributed by atoms with Gasteiger partial charge in [-0.25, -0.2) is 29.6 Å². The summed E-state index contributed by atoms with van der Waals surface area (Å²) in [6.07, 6.45) is -1.76. The number of aromatic nitrogens is 3. The number of hydrogen-bond donors (Lipinski definition) is 10. The Morgan fingerprint density at radius 3 is 2.19 bits per heavy atom. The van der Waals surface area contributed by atoms with Gasteiger partial charge in [-0.05, 0) is 60.2 Å². The molecular formula is C49H66N10O14S. The van der Waals surface area contributed by atoms with Gasteiger partial charge >= 0.3 is 5.97 Å². The van der Waals surface area contributed by atoms with E-state index in [1.54, 1.807) is 12.1 Å². The third-order valence-corrected chi connectivity index (χ3v) is 12.6. The molecule has 0 radical (unpaired) electrons. The number of nitrogens with two attached hydrogens (primary N) is 4. The summed E-state index contributed by atoms with van der Waals surface area (Å²) in [5.41, 5.74) is 18.3. The smallest absolute Gasteiger partial charge is 0.326 e. The molecule has 2 aromatic carbocycles. The second-order valence-corrected chi connectivity index (χ2v) is 20.7. The van der Waals surface area contributed by atoms with E-state index in [1.807, 2.05) is 0 Å². The number of fused-ring (bicyclic) bond motifs is 5. The largest absolute Gasteiger partial charge is 0.504 e. The number of carboxylic acid groups (broad SMARTS) is 1. The van der Waals surface area contributed by atoms with E-state index in [-0.39, 0.29) is 82.6 Å². The summed E-state index contributed by atoms with van der Waals surface area (Å²) in [4.78, 5) is 84.4. The Morgan fingerprint density at radius 1 is 0.946 bits per heavy atom. The highest BCUT2D eigenvalue weighted by Gasteiger charge is 2.38. The first-order valence-corrected chi connectivity index (χ1v) is 25.1. The summed E-state index contributed by atoms with van der Waals surface area (Å²) in [6, 6.07) is 6.97. The van der Waals surface area contributed by atoms with Crippen LogP contribution in [0.5, 0.6) is 23.1 Å². The highest BCUT2D eigenvalue weighted by molar-refractivity contribution is 7.87. The molecule has 2 aromatic heterocycles. The molecule has 6 atom stereocenters. The zero-order chi connectivity index (χ0) is 54.8. The fourth-order valence-electron chi connectivity index (χ4n) is 7.87. The van der Waals surface area contributed by atoms with Crippen molar-refractivity contribution in [1.29, 1.82) is 0 Å². The quantitative estimate of drug-likeness (QED) is 0.0519. The Bertz CT molecular complexity index is 2790. The predicted molar refractivity (Wildman–Crippen MR) is 270 cm³/mol. The molecule has 2 amide bonds. The van der Waals surface area contributed by atoms with Crippen LogP contribution in [0.1, 0.15) is 80.2 Å². The third-order valence-electron chi connectivity index (χ3n) is 12.0. The standard InChI is InChI=1S/C49H66N10O14S/c1-25-13-37(63)42(29-16-34(43(64)39(18-29)73-24-32(61)20-51)33-14-27(15-35(48(67)68)57-46(25)65)7-9-38(33)72-23-31(60)19-50)59(6)47(66)30(22-55-74(53,69)70)17-36(62)41-26(2)56-45(58-44(41)52)28-8-10-40(54-21-28)71-12-11-49(3,4)5/h7-10,14,16,18,21,25,30-32,35,42,55,60-61,64H,11-13,15,17,19-20,22-24,50-51H2,1-6H3,(H,57,65)(H,67,68)(H2,52,56,58)(H2,53,69,70)/t25-,30+,31-,32-,35+,42+/m1/s1. The van der Waals surface area contributed by atoms with E-state index in [9.17, 15) is 52.8 Å². The molecule has 25 heteroatoms. The van der Waals surface area contributed by atoms with Gasteiger partial charge in [0.15, 0.2) is 28.9 Å². The van der Waals surface area contributed by atoms with Crippen molar-refractivity contribution in [3.63, 3.8) is 0 Å². The number of carbonyl (C=O) groups is 5. The number of aliphatic hydroxyl groups excluding tert-OH is 2. The fourth-order valence-corrected chi connectivity index (χ4v) is 8.30. The molecule has 0 unspecified atom stereocenters. The van der Waals surface area contributed by atoms with Crippen molar-refractivity contribution in [2.24, 2.45) is 33.9 Å². The van der Waals surface area contributed by atoms with Crippen LogP contribution in [0.3, 0.4) is 0 Å². The normalized spacial score (nSPS) is 17.5. The lowest BCUT2D eigenvalue weighted by atomic mass is 9.88. The van der Waals surface area contributed by atoms with Gasteiger partial charge in [0.25, 0.3) is 10.2 Å². The number of phenolic OH excluding ortho intramolecular Hbond substituents is 1. The van der Waals surface area contributed by atoms with E-state index in [2.05, 4.69) is 45.8 Å². The number of likely N-dealkylation sites (N-methyl/N-ethyl adjacent to an activating group) is 1. The van der Waals surface area contributed by atoms with Gasteiger partial charge in [-0.2, -0.15) is 8.42 Å². The minimum absolute atomic E-state index is 0.0241. The topological polar surface area (TPSA) is 398 Å². The van der Waals surface area contributed by atoms with Crippen molar-refractivity contribution in [1.82, 2.24) is 29.9 Å². The molecule has 14 N–H and O–H groups in total. The Morgan fingerprint density at radius 2 is 1.61 bits per heavy atom. The van der Waals surface area contributed by atoms with E-state index < -0.39 is 107 Å². The van der Waals surface area contributed by atoms with Crippen LogP contribution in [0.4, 0.5) is 5.82 Å². The number of carboxylic acids is 1. The highest BCUT2D eigenvalue weighted by atomic mass is 32.2. The Labute approximate surface area is 428 Å². The molecule has 3 heterocycles. The van der Waals surface area contributed by atoms with Crippen LogP contribution in [0.15, 0.2) is 48.7 Å². The second kappa shape index (κ2) is 24.9. The number of aliphatic carboxylic acids is 1. The van der Waals surface area contributed by atoms with Crippen LogP contribution < -0.4 is 46.6 Å². The summed E-state index contributed by atoms with van der Waals surface area (Å²) in [5.74, 6) is -8.33. The van der Waals surface area contributed by atoms with E-state index in [4.69, 9.17) is 36.6 Å². The van der Waals surface area contributed by atoms with Crippen molar-refractivity contribution < 1.29 is 67.0 Å². The van der Waals surface area contributed by atoms with Gasteiger partial charge in [0.1, 0.15) is 49.1 Å². The predicted octanol–water partition coefficient (Wildman–Crippen LogP) is 0.916. The fraction of sp³-hybridized carbons (Fsp3) is 0.469. The summed E-state index contributed by atoms with van der Waals surface area (Å²) in [7, 11) is -3.32. The zero-order valence-electron chi connectivity index (χ0n) is 42.0. The average Bonchev–Trinajstić information content (AvgIpc) is 3.32. The second-order valence-electron chi connectivity index (χ2n) is 19.3. The summed E-state index contributed by atoms with van der Waals surface area (Å²) in [5, 5.41) is 50.6. The minimum atomic E-state index is -4.51. The Kier molecular flexibility index (Phi) is 19.5. The number of aromatic hydroxyl groups is 1. The zero-order valence-corrected chi connectivity index (χ0v) is 42.8. The van der Waals surface area contributed by atoms with Crippen molar-refractivity contribution in [2.45, 2.75) is 84.6 Å². The van der Waals surface area contributed by atoms with E-state index >= 15 is 0 Å². The van der Waals surface area contributed by atoms with E-state index in [0.29, 0.717) is 23.6 Å². The number of benzene rings is 2. The summed E-state index contributed by atoms with van der Waals surface area (Å²) in [6.45, 7) is 7.53.